The first kappa shape index (κ1) is 13.7. The number of fused-ring (bicyclic) bond motifs is 2. The lowest BCUT2D eigenvalue weighted by molar-refractivity contribution is -0.118. The Morgan fingerprint density at radius 2 is 2.09 bits per heavy atom. The molecule has 5 heteroatoms. The molecule has 0 bridgehead atoms. The molecule has 1 aromatic carbocycles. The van der Waals surface area contributed by atoms with Gasteiger partial charge >= 0.3 is 0 Å². The predicted molar refractivity (Wildman–Crippen MR) is 90.2 cm³/mol. The van der Waals surface area contributed by atoms with Crippen molar-refractivity contribution in [1.82, 2.24) is 20.2 Å². The summed E-state index contributed by atoms with van der Waals surface area (Å²) in [7, 11) is 0. The Labute approximate surface area is 132 Å². The van der Waals surface area contributed by atoms with Gasteiger partial charge < -0.3 is 4.98 Å². The first-order chi connectivity index (χ1) is 11.2. The Kier molecular flexibility index (Phi) is 3.19. The van der Waals surface area contributed by atoms with Gasteiger partial charge in [-0.25, -0.2) is 0 Å². The number of nitrogens with one attached hydrogen (secondary N) is 2. The van der Waals surface area contributed by atoms with Crippen LogP contribution in [0, 0.1) is 0 Å². The highest BCUT2D eigenvalue weighted by molar-refractivity contribution is 5.93. The van der Waals surface area contributed by atoms with Crippen LogP contribution in [0.1, 0.15) is 18.9 Å². The summed E-state index contributed by atoms with van der Waals surface area (Å²) in [5.41, 5.74) is 5.53. The highest BCUT2D eigenvalue weighted by Crippen LogP contribution is 2.27. The van der Waals surface area contributed by atoms with E-state index in [1.807, 2.05) is 37.3 Å². The fourth-order valence-electron chi connectivity index (χ4n) is 2.81. The number of hydrogen-bond donors (Lipinski definition) is 2. The van der Waals surface area contributed by atoms with Crippen LogP contribution in [0.2, 0.25) is 0 Å². The van der Waals surface area contributed by atoms with Crippen molar-refractivity contribution in [1.29, 1.82) is 0 Å². The zero-order valence-corrected chi connectivity index (χ0v) is 12.8. The minimum atomic E-state index is 0.249. The third kappa shape index (κ3) is 2.40. The molecule has 0 atom stereocenters. The summed E-state index contributed by atoms with van der Waals surface area (Å²) in [6.07, 6.45) is 2.81. The van der Waals surface area contributed by atoms with Gasteiger partial charge in [0.25, 0.3) is 0 Å². The fraction of sp³-hybridized carbons (Fsp3) is 0.167. The van der Waals surface area contributed by atoms with Crippen LogP contribution < -0.4 is 0 Å². The van der Waals surface area contributed by atoms with Gasteiger partial charge in [-0.2, -0.15) is 5.10 Å². The molecule has 2 N–H and O–H groups in total. The smallest absolute Gasteiger partial charge is 0.136 e. The molecule has 0 saturated heterocycles. The van der Waals surface area contributed by atoms with Gasteiger partial charge in [0.2, 0.25) is 0 Å². The lowest BCUT2D eigenvalue weighted by atomic mass is 10.1. The van der Waals surface area contributed by atoms with E-state index in [1.54, 1.807) is 6.20 Å². The largest absolute Gasteiger partial charge is 0.353 e. The van der Waals surface area contributed by atoms with Crippen molar-refractivity contribution >= 4 is 27.7 Å². The Hall–Kier alpha value is -2.95. The van der Waals surface area contributed by atoms with E-state index in [0.29, 0.717) is 12.8 Å². The standard InChI is InChI=1S/C18H16N4O/c1-2-13(23)8-11-5-6-12-10-16(20-15(12)9-11)18-17-14(21-22-18)4-3-7-19-17/h3-7,9-10,20H,2,8H2,1H3,(H,21,22). The van der Waals surface area contributed by atoms with Gasteiger partial charge in [0.05, 0.1) is 11.2 Å². The van der Waals surface area contributed by atoms with E-state index in [9.17, 15) is 4.79 Å². The number of aromatic nitrogens is 4. The van der Waals surface area contributed by atoms with E-state index >= 15 is 0 Å². The minimum absolute atomic E-state index is 0.249. The van der Waals surface area contributed by atoms with Gasteiger partial charge in [-0.05, 0) is 29.8 Å². The molecular formula is C18H16N4O. The lowest BCUT2D eigenvalue weighted by Gasteiger charge is -1.99. The second-order valence-electron chi connectivity index (χ2n) is 5.65. The van der Waals surface area contributed by atoms with E-state index < -0.39 is 0 Å². The van der Waals surface area contributed by atoms with Gasteiger partial charge in [0.1, 0.15) is 17.0 Å². The summed E-state index contributed by atoms with van der Waals surface area (Å²) in [4.78, 5) is 19.4. The van der Waals surface area contributed by atoms with Crippen molar-refractivity contribution < 1.29 is 4.79 Å². The summed E-state index contributed by atoms with van der Waals surface area (Å²) in [5, 5.41) is 8.47. The summed E-state index contributed by atoms with van der Waals surface area (Å²) < 4.78 is 0. The van der Waals surface area contributed by atoms with Crippen LogP contribution in [0.15, 0.2) is 42.6 Å². The number of Topliss-reactive ketones (excluding diaryl/α,β-unsaturated/α-hetero) is 1. The molecule has 0 amide bonds. The highest BCUT2D eigenvalue weighted by Gasteiger charge is 2.12. The van der Waals surface area contributed by atoms with Gasteiger partial charge in [-0.15, -0.1) is 0 Å². The van der Waals surface area contributed by atoms with Crippen molar-refractivity contribution in [2.24, 2.45) is 0 Å². The number of carbonyl (C=O) groups is 1. The van der Waals surface area contributed by atoms with E-state index in [0.717, 1.165) is 38.9 Å². The van der Waals surface area contributed by atoms with Crippen LogP contribution in [-0.2, 0) is 11.2 Å². The van der Waals surface area contributed by atoms with Crippen molar-refractivity contribution in [3.05, 3.63) is 48.2 Å². The van der Waals surface area contributed by atoms with Crippen LogP contribution in [0.4, 0.5) is 0 Å². The van der Waals surface area contributed by atoms with Crippen LogP contribution in [-0.4, -0.2) is 25.9 Å². The number of benzene rings is 1. The minimum Gasteiger partial charge on any atom is -0.353 e. The Balaban J connectivity index is 1.78. The molecule has 0 aliphatic rings. The molecule has 23 heavy (non-hydrogen) atoms. The molecule has 0 spiro atoms. The molecule has 114 valence electrons. The average molecular weight is 304 g/mol. The van der Waals surface area contributed by atoms with Crippen molar-refractivity contribution in [3.63, 3.8) is 0 Å². The molecule has 0 fully saturated rings. The van der Waals surface area contributed by atoms with Crippen LogP contribution in [0.3, 0.4) is 0 Å². The normalized spacial score (nSPS) is 11.3. The zero-order valence-electron chi connectivity index (χ0n) is 12.8. The van der Waals surface area contributed by atoms with Crippen molar-refractivity contribution in [2.75, 3.05) is 0 Å². The number of aromatic amines is 2. The van der Waals surface area contributed by atoms with Gasteiger partial charge in [-0.3, -0.25) is 14.9 Å². The maximum atomic E-state index is 11.6. The van der Waals surface area contributed by atoms with Crippen LogP contribution in [0.5, 0.6) is 0 Å². The lowest BCUT2D eigenvalue weighted by Crippen LogP contribution is -1.99. The molecular weight excluding hydrogens is 288 g/mol. The Morgan fingerprint density at radius 1 is 1.17 bits per heavy atom. The first-order valence-corrected chi connectivity index (χ1v) is 7.67. The molecule has 0 radical (unpaired) electrons. The SMILES string of the molecule is CCC(=O)Cc1ccc2cc(-c3n[nH]c4cccnc34)[nH]c2c1. The maximum absolute atomic E-state index is 11.6. The van der Waals surface area contributed by atoms with Gasteiger partial charge in [-0.1, -0.05) is 19.1 Å². The highest BCUT2D eigenvalue weighted by atomic mass is 16.1. The molecule has 0 aliphatic carbocycles. The first-order valence-electron chi connectivity index (χ1n) is 7.67. The van der Waals surface area contributed by atoms with Crippen molar-refractivity contribution in [3.8, 4) is 11.4 Å². The molecule has 0 unspecified atom stereocenters. The summed E-state index contributed by atoms with van der Waals surface area (Å²) in [6.45, 7) is 1.89. The zero-order chi connectivity index (χ0) is 15.8. The second-order valence-corrected chi connectivity index (χ2v) is 5.65. The number of hydrogen-bond acceptors (Lipinski definition) is 3. The third-order valence-electron chi connectivity index (χ3n) is 4.06. The molecule has 4 aromatic rings. The van der Waals surface area contributed by atoms with E-state index in [-0.39, 0.29) is 5.78 Å². The number of nitrogens with zero attached hydrogens (tertiary/aromatic N) is 2. The van der Waals surface area contributed by atoms with E-state index in [4.69, 9.17) is 0 Å². The van der Waals surface area contributed by atoms with Crippen LogP contribution >= 0.6 is 0 Å². The van der Waals surface area contributed by atoms with E-state index in [2.05, 4.69) is 26.2 Å². The number of ketones is 1. The third-order valence-corrected chi connectivity index (χ3v) is 4.06. The topological polar surface area (TPSA) is 74.4 Å². The number of pyridine rings is 1. The quantitative estimate of drug-likeness (QED) is 0.604. The molecule has 0 aliphatic heterocycles. The molecule has 3 heterocycles. The number of H-pyrrole nitrogens is 2. The number of carbonyl (C=O) groups excluding carboxylic acids is 1. The summed E-state index contributed by atoms with van der Waals surface area (Å²) in [6, 6.07) is 12.0. The van der Waals surface area contributed by atoms with Gasteiger partial charge in [0, 0.05) is 29.9 Å². The number of rotatable bonds is 4. The summed E-state index contributed by atoms with van der Waals surface area (Å²) >= 11 is 0. The molecule has 0 saturated carbocycles. The van der Waals surface area contributed by atoms with Crippen molar-refractivity contribution in [2.45, 2.75) is 19.8 Å². The van der Waals surface area contributed by atoms with Gasteiger partial charge in [0.15, 0.2) is 0 Å². The monoisotopic (exact) mass is 304 g/mol. The predicted octanol–water partition coefficient (Wildman–Crippen LogP) is 3.63. The van der Waals surface area contributed by atoms with E-state index in [1.165, 1.54) is 0 Å². The Morgan fingerprint density at radius 3 is 2.96 bits per heavy atom. The van der Waals surface area contributed by atoms with Crippen LogP contribution in [0.25, 0.3) is 33.3 Å². The fourth-order valence-corrected chi connectivity index (χ4v) is 2.81. The molecule has 3 aromatic heterocycles. The second kappa shape index (κ2) is 5.35. The maximum Gasteiger partial charge on any atom is 0.136 e. The molecule has 5 nitrogen and oxygen atoms in total. The average Bonchev–Trinajstić information content (AvgIpc) is 3.17. The summed E-state index contributed by atoms with van der Waals surface area (Å²) in [5.74, 6) is 0.249. The molecule has 4 rings (SSSR count). The Bertz CT molecular complexity index is 1010.